The van der Waals surface area contributed by atoms with E-state index in [0.717, 1.165) is 51.2 Å². The summed E-state index contributed by atoms with van der Waals surface area (Å²) in [5.41, 5.74) is 5.89. The summed E-state index contributed by atoms with van der Waals surface area (Å²) >= 11 is 6.10. The first-order chi connectivity index (χ1) is 19.2. The van der Waals surface area contributed by atoms with Gasteiger partial charge in [0.2, 0.25) is 5.95 Å². The van der Waals surface area contributed by atoms with Crippen LogP contribution in [0.1, 0.15) is 18.4 Å². The van der Waals surface area contributed by atoms with E-state index >= 15 is 0 Å². The van der Waals surface area contributed by atoms with Gasteiger partial charge in [0.05, 0.1) is 5.69 Å². The van der Waals surface area contributed by atoms with Crippen LogP contribution in [0.5, 0.6) is 5.75 Å². The van der Waals surface area contributed by atoms with E-state index in [4.69, 9.17) is 21.4 Å². The Bertz CT molecular complexity index is 1530. The number of hydrogen-bond acceptors (Lipinski definition) is 6. The van der Waals surface area contributed by atoms with Gasteiger partial charge in [0, 0.05) is 35.1 Å². The third-order valence-corrected chi connectivity index (χ3v) is 7.15. The molecule has 0 radical (unpaired) electrons. The summed E-state index contributed by atoms with van der Waals surface area (Å²) < 4.78 is 7.79. The summed E-state index contributed by atoms with van der Waals surface area (Å²) in [7, 11) is 0. The Hall–Kier alpha value is -4.07. The van der Waals surface area contributed by atoms with Crippen LogP contribution in [0.3, 0.4) is 0 Å². The minimum absolute atomic E-state index is 0.546. The SMILES string of the molecule is Clc1cccc(CNc2ccc(-c3cccc4nc(Nc5ccc(OCCN6CCCC6)cc5)nn34)cc2)c1. The van der Waals surface area contributed by atoms with E-state index in [2.05, 4.69) is 50.8 Å². The third-order valence-electron chi connectivity index (χ3n) is 6.91. The lowest BCUT2D eigenvalue weighted by molar-refractivity contribution is 0.238. The number of rotatable bonds is 10. The monoisotopic (exact) mass is 538 g/mol. The molecule has 7 nitrogen and oxygen atoms in total. The predicted octanol–water partition coefficient (Wildman–Crippen LogP) is 6.88. The van der Waals surface area contributed by atoms with Crippen molar-refractivity contribution in [3.05, 3.63) is 102 Å². The Morgan fingerprint density at radius 1 is 0.846 bits per heavy atom. The molecular weight excluding hydrogens is 508 g/mol. The second-order valence-corrected chi connectivity index (χ2v) is 10.2. The number of nitrogens with zero attached hydrogens (tertiary/aromatic N) is 4. The zero-order valence-corrected chi connectivity index (χ0v) is 22.4. The molecule has 2 N–H and O–H groups in total. The van der Waals surface area contributed by atoms with Crippen molar-refractivity contribution in [1.29, 1.82) is 0 Å². The highest BCUT2D eigenvalue weighted by molar-refractivity contribution is 6.30. The van der Waals surface area contributed by atoms with Crippen molar-refractivity contribution in [1.82, 2.24) is 19.5 Å². The number of aromatic nitrogens is 3. The molecule has 0 unspecified atom stereocenters. The summed E-state index contributed by atoms with van der Waals surface area (Å²) in [6.45, 7) is 4.78. The molecule has 0 saturated carbocycles. The fourth-order valence-corrected chi connectivity index (χ4v) is 5.06. The van der Waals surface area contributed by atoms with Crippen LogP contribution in [0.2, 0.25) is 5.02 Å². The zero-order chi connectivity index (χ0) is 26.4. The van der Waals surface area contributed by atoms with E-state index in [9.17, 15) is 0 Å². The Morgan fingerprint density at radius 2 is 1.62 bits per heavy atom. The van der Waals surface area contributed by atoms with Gasteiger partial charge in [0.1, 0.15) is 12.4 Å². The van der Waals surface area contributed by atoms with Crippen molar-refractivity contribution < 1.29 is 4.74 Å². The third kappa shape index (κ3) is 6.33. The van der Waals surface area contributed by atoms with Crippen LogP contribution in [0.15, 0.2) is 91.0 Å². The van der Waals surface area contributed by atoms with Crippen molar-refractivity contribution in [2.45, 2.75) is 19.4 Å². The highest BCUT2D eigenvalue weighted by Gasteiger charge is 2.12. The molecule has 0 amide bonds. The van der Waals surface area contributed by atoms with E-state index in [1.165, 1.54) is 25.9 Å². The minimum atomic E-state index is 0.546. The summed E-state index contributed by atoms with van der Waals surface area (Å²) in [5, 5.41) is 12.2. The van der Waals surface area contributed by atoms with Crippen molar-refractivity contribution in [2.24, 2.45) is 0 Å². The molecule has 1 fully saturated rings. The lowest BCUT2D eigenvalue weighted by Gasteiger charge is -2.15. The van der Waals surface area contributed by atoms with Gasteiger partial charge in [-0.2, -0.15) is 4.98 Å². The minimum Gasteiger partial charge on any atom is -0.492 e. The number of nitrogens with one attached hydrogen (secondary N) is 2. The number of halogens is 1. The molecule has 39 heavy (non-hydrogen) atoms. The van der Waals surface area contributed by atoms with E-state index in [1.54, 1.807) is 0 Å². The first-order valence-corrected chi connectivity index (χ1v) is 13.7. The van der Waals surface area contributed by atoms with E-state index in [1.807, 2.05) is 65.2 Å². The molecule has 5 aromatic rings. The molecule has 6 rings (SSSR count). The van der Waals surface area contributed by atoms with E-state index in [0.29, 0.717) is 19.1 Å². The zero-order valence-electron chi connectivity index (χ0n) is 21.7. The molecular formula is C31H31ClN6O. The number of likely N-dealkylation sites (tertiary alicyclic amines) is 1. The second kappa shape index (κ2) is 11.8. The van der Waals surface area contributed by atoms with Gasteiger partial charge in [-0.05, 0) is 92.2 Å². The van der Waals surface area contributed by atoms with Gasteiger partial charge in [-0.25, -0.2) is 4.52 Å². The largest absolute Gasteiger partial charge is 0.492 e. The molecule has 198 valence electrons. The molecule has 0 aliphatic carbocycles. The number of anilines is 3. The normalized spacial score (nSPS) is 13.6. The fourth-order valence-electron chi connectivity index (χ4n) is 4.85. The van der Waals surface area contributed by atoms with Crippen molar-refractivity contribution in [3.8, 4) is 17.0 Å². The van der Waals surface area contributed by atoms with Crippen LogP contribution < -0.4 is 15.4 Å². The van der Waals surface area contributed by atoms with Gasteiger partial charge in [0.25, 0.3) is 0 Å². The topological polar surface area (TPSA) is 66.7 Å². The molecule has 3 aromatic carbocycles. The van der Waals surface area contributed by atoms with Crippen molar-refractivity contribution >= 4 is 34.6 Å². The van der Waals surface area contributed by atoms with Gasteiger partial charge in [-0.3, -0.25) is 4.90 Å². The first-order valence-electron chi connectivity index (χ1n) is 13.4. The van der Waals surface area contributed by atoms with Gasteiger partial charge < -0.3 is 15.4 Å². The fraction of sp³-hybridized carbons (Fsp3) is 0.226. The molecule has 1 aliphatic rings. The van der Waals surface area contributed by atoms with Gasteiger partial charge in [-0.1, -0.05) is 41.9 Å². The Balaban J connectivity index is 1.10. The van der Waals surface area contributed by atoms with E-state index < -0.39 is 0 Å². The van der Waals surface area contributed by atoms with Crippen LogP contribution in [0, 0.1) is 0 Å². The van der Waals surface area contributed by atoms with Crippen molar-refractivity contribution in [2.75, 3.05) is 36.9 Å². The van der Waals surface area contributed by atoms with Gasteiger partial charge in [-0.15, -0.1) is 5.10 Å². The Labute approximate surface area is 233 Å². The number of ether oxygens (including phenoxy) is 1. The molecule has 1 aliphatic heterocycles. The van der Waals surface area contributed by atoms with Crippen LogP contribution in [-0.2, 0) is 6.54 Å². The summed E-state index contributed by atoms with van der Waals surface area (Å²) in [6, 6.07) is 30.2. The van der Waals surface area contributed by atoms with Crippen LogP contribution >= 0.6 is 11.6 Å². The predicted molar refractivity (Wildman–Crippen MR) is 158 cm³/mol. The lowest BCUT2D eigenvalue weighted by atomic mass is 10.1. The molecule has 2 aromatic heterocycles. The van der Waals surface area contributed by atoms with Crippen LogP contribution in [0.25, 0.3) is 16.9 Å². The number of fused-ring (bicyclic) bond motifs is 1. The summed E-state index contributed by atoms with van der Waals surface area (Å²) in [4.78, 5) is 7.13. The van der Waals surface area contributed by atoms with Crippen LogP contribution in [0.4, 0.5) is 17.3 Å². The quantitative estimate of drug-likeness (QED) is 0.202. The maximum absolute atomic E-state index is 6.10. The molecule has 8 heteroatoms. The highest BCUT2D eigenvalue weighted by atomic mass is 35.5. The van der Waals surface area contributed by atoms with Crippen LogP contribution in [-0.4, -0.2) is 45.7 Å². The Morgan fingerprint density at radius 3 is 2.41 bits per heavy atom. The average molecular weight is 539 g/mol. The maximum Gasteiger partial charge on any atom is 0.247 e. The molecule has 0 bridgehead atoms. The summed E-state index contributed by atoms with van der Waals surface area (Å²) in [6.07, 6.45) is 2.60. The Kier molecular flexibility index (Phi) is 7.61. The first kappa shape index (κ1) is 25.2. The van der Waals surface area contributed by atoms with E-state index in [-0.39, 0.29) is 0 Å². The molecule has 3 heterocycles. The van der Waals surface area contributed by atoms with Crippen molar-refractivity contribution in [3.63, 3.8) is 0 Å². The lowest BCUT2D eigenvalue weighted by Crippen LogP contribution is -2.25. The number of hydrogen-bond donors (Lipinski definition) is 2. The second-order valence-electron chi connectivity index (χ2n) is 9.72. The number of benzene rings is 3. The highest BCUT2D eigenvalue weighted by Crippen LogP contribution is 2.25. The summed E-state index contributed by atoms with van der Waals surface area (Å²) in [5.74, 6) is 1.42. The van der Waals surface area contributed by atoms with Gasteiger partial charge in [0.15, 0.2) is 5.65 Å². The number of pyridine rings is 1. The standard InChI is InChI=1S/C31H31ClN6O/c32-25-6-3-5-23(21-25)22-33-26-11-9-24(10-12-26)29-7-4-8-30-35-31(36-38(29)30)34-27-13-15-28(16-14-27)39-20-19-37-17-1-2-18-37/h3-16,21,33H,1-2,17-20,22H2,(H,34,36). The molecule has 0 spiro atoms. The molecule has 1 saturated heterocycles. The smallest absolute Gasteiger partial charge is 0.247 e. The average Bonchev–Trinajstić information content (AvgIpc) is 3.63. The molecule has 0 atom stereocenters. The van der Waals surface area contributed by atoms with Gasteiger partial charge >= 0.3 is 0 Å². The maximum atomic E-state index is 6.10.